The highest BCUT2D eigenvalue weighted by molar-refractivity contribution is 6.43. The van der Waals surface area contributed by atoms with Crippen LogP contribution in [0, 0.1) is 23.6 Å². The number of phenolic OH excluding ortho intramolecular Hbond substituents is 1. The molecule has 1 heterocycles. The fraction of sp³-hybridized carbons (Fsp3) is 0.273. The molecule has 1 saturated heterocycles. The number of rotatable bonds is 5. The summed E-state index contributed by atoms with van der Waals surface area (Å²) in [5, 5.41) is 20.4. The number of benzene rings is 3. The van der Waals surface area contributed by atoms with E-state index in [-0.39, 0.29) is 23.8 Å². The summed E-state index contributed by atoms with van der Waals surface area (Å²) in [6, 6.07) is 21.1. The zero-order valence-electron chi connectivity index (χ0n) is 22.2. The Morgan fingerprint density at radius 2 is 1.70 bits per heavy atom. The van der Waals surface area contributed by atoms with Crippen molar-refractivity contribution in [2.24, 2.45) is 17.8 Å². The van der Waals surface area contributed by atoms with Gasteiger partial charge in [-0.25, -0.2) is 4.39 Å². The van der Waals surface area contributed by atoms with Crippen molar-refractivity contribution < 1.29 is 28.8 Å². The van der Waals surface area contributed by atoms with E-state index in [1.165, 1.54) is 12.1 Å². The van der Waals surface area contributed by atoms with Crippen molar-refractivity contribution >= 4 is 30.3 Å². The lowest BCUT2D eigenvalue weighted by Gasteiger charge is -2.47. The minimum atomic E-state index is -1.04. The Bertz CT molecular complexity index is 1550. The third-order valence-corrected chi connectivity index (χ3v) is 8.64. The summed E-state index contributed by atoms with van der Waals surface area (Å²) in [4.78, 5) is 27.2. The third-order valence-electron chi connectivity index (χ3n) is 8.64. The number of Topliss-reactive ketones (excluding diaryl/α,β-unsaturated/α-hetero) is 2. The Hall–Kier alpha value is -3.81. The first kappa shape index (κ1) is 26.4. The fourth-order valence-corrected chi connectivity index (χ4v) is 6.88. The number of fused-ring (bicyclic) bond motifs is 4. The molecule has 4 atom stereocenters. The van der Waals surface area contributed by atoms with Gasteiger partial charge in [-0.15, -0.1) is 0 Å². The maximum absolute atomic E-state index is 14.1. The zero-order chi connectivity index (χ0) is 28.0. The first-order valence-electron chi connectivity index (χ1n) is 13.8. The highest BCUT2D eigenvalue weighted by Crippen LogP contribution is 2.51. The number of hydrogen-bond donors (Lipinski definition) is 2. The molecule has 0 unspecified atom stereocenters. The second-order valence-electron chi connectivity index (χ2n) is 11.1. The minimum Gasteiger partial charge on any atom is -0.505 e. The highest BCUT2D eigenvalue weighted by atomic mass is 19.1. The summed E-state index contributed by atoms with van der Waals surface area (Å²) in [6.45, 7) is 2.01. The van der Waals surface area contributed by atoms with E-state index in [0.717, 1.165) is 22.3 Å². The average molecular weight is 536 g/mol. The first-order valence-corrected chi connectivity index (χ1v) is 13.8. The van der Waals surface area contributed by atoms with Crippen molar-refractivity contribution in [2.75, 3.05) is 0 Å². The molecule has 202 valence electrons. The molecule has 7 heteroatoms. The Balaban J connectivity index is 1.32. The van der Waals surface area contributed by atoms with Crippen LogP contribution in [0.2, 0.25) is 6.32 Å². The number of aromatic hydroxyl groups is 1. The molecule has 40 heavy (non-hydrogen) atoms. The number of carbonyl (C=O) groups excluding carboxylic acids is 2. The van der Waals surface area contributed by atoms with Crippen LogP contribution in [0.4, 0.5) is 4.39 Å². The smallest absolute Gasteiger partial charge is 0.455 e. The molecule has 3 aromatic carbocycles. The van der Waals surface area contributed by atoms with Gasteiger partial charge >= 0.3 is 7.12 Å². The van der Waals surface area contributed by atoms with Crippen molar-refractivity contribution in [3.63, 3.8) is 0 Å². The Labute approximate surface area is 233 Å². The molecular formula is C33H30BFO5. The first-order chi connectivity index (χ1) is 19.3. The summed E-state index contributed by atoms with van der Waals surface area (Å²) >= 11 is 0. The van der Waals surface area contributed by atoms with E-state index in [1.807, 2.05) is 43.3 Å². The Morgan fingerprint density at radius 3 is 2.42 bits per heavy atom. The molecule has 3 aliphatic rings. The van der Waals surface area contributed by atoms with Gasteiger partial charge < -0.3 is 14.8 Å². The van der Waals surface area contributed by atoms with Crippen LogP contribution in [0.1, 0.15) is 58.0 Å². The van der Waals surface area contributed by atoms with Gasteiger partial charge in [-0.1, -0.05) is 72.3 Å². The minimum absolute atomic E-state index is 0.00607. The van der Waals surface area contributed by atoms with Gasteiger partial charge in [0.15, 0.2) is 23.1 Å². The van der Waals surface area contributed by atoms with E-state index in [4.69, 9.17) is 4.65 Å². The van der Waals surface area contributed by atoms with E-state index in [9.17, 15) is 24.1 Å². The number of allylic oxidation sites excluding steroid dienone is 2. The molecule has 1 fully saturated rings. The van der Waals surface area contributed by atoms with E-state index in [0.29, 0.717) is 36.0 Å². The number of phenols is 1. The molecule has 5 nitrogen and oxygen atoms in total. The Kier molecular flexibility index (Phi) is 7.03. The van der Waals surface area contributed by atoms with Crippen molar-refractivity contribution in [2.45, 2.75) is 38.6 Å². The van der Waals surface area contributed by atoms with Gasteiger partial charge in [-0.3, -0.25) is 9.59 Å². The SMILES string of the molecule is CC1=C2[C@@H](CC/C(=C/c3ccc(O)c(F)c3)c3ccccc3)OB(O)C[C@@H]2[C@@H]2C(=O)c3ccccc3C(=O)[C@@H]2C1. The molecule has 2 aliphatic carbocycles. The number of hydrogen-bond acceptors (Lipinski definition) is 5. The second kappa shape index (κ2) is 10.6. The quantitative estimate of drug-likeness (QED) is 0.225. The van der Waals surface area contributed by atoms with Gasteiger partial charge in [0.25, 0.3) is 0 Å². The van der Waals surface area contributed by atoms with E-state index < -0.39 is 36.6 Å². The maximum atomic E-state index is 14.1. The van der Waals surface area contributed by atoms with E-state index >= 15 is 0 Å². The van der Waals surface area contributed by atoms with Crippen LogP contribution in [0.5, 0.6) is 5.75 Å². The van der Waals surface area contributed by atoms with Gasteiger partial charge in [-0.05, 0) is 72.8 Å². The van der Waals surface area contributed by atoms with Gasteiger partial charge in [0.2, 0.25) is 0 Å². The zero-order valence-corrected chi connectivity index (χ0v) is 22.2. The van der Waals surface area contributed by atoms with Crippen molar-refractivity contribution in [3.05, 3.63) is 112 Å². The molecule has 0 aromatic heterocycles. The summed E-state index contributed by atoms with van der Waals surface area (Å²) in [5.41, 5.74) is 5.60. The summed E-state index contributed by atoms with van der Waals surface area (Å²) < 4.78 is 20.2. The fourth-order valence-electron chi connectivity index (χ4n) is 6.88. The monoisotopic (exact) mass is 536 g/mol. The highest BCUT2D eigenvalue weighted by Gasteiger charge is 2.52. The molecule has 6 rings (SSSR count). The van der Waals surface area contributed by atoms with Crippen LogP contribution in [0.15, 0.2) is 83.9 Å². The van der Waals surface area contributed by atoms with Crippen LogP contribution >= 0.6 is 0 Å². The van der Waals surface area contributed by atoms with Crippen molar-refractivity contribution in [1.82, 2.24) is 0 Å². The molecule has 1 aliphatic heterocycles. The molecule has 0 radical (unpaired) electrons. The standard InChI is InChI=1S/C33H30BFO5/c1-19-15-25-31(33(38)24-10-6-5-9-23(24)32(25)37)26-18-34(39)40-29(30(19)26)14-12-22(21-7-3-2-4-8-21)16-20-11-13-28(36)27(35)17-20/h2-11,13,16-17,25-26,29,31,36,39H,12,14-15,18H2,1H3/b22-16-/t25-,26+,29-,31-/m1/s1. The van der Waals surface area contributed by atoms with E-state index in [1.54, 1.807) is 30.3 Å². The molecule has 3 aromatic rings. The van der Waals surface area contributed by atoms with Crippen molar-refractivity contribution in [1.29, 1.82) is 0 Å². The van der Waals surface area contributed by atoms with Crippen LogP contribution in [0.3, 0.4) is 0 Å². The summed E-state index contributed by atoms with van der Waals surface area (Å²) in [5.74, 6) is -2.31. The molecule has 0 amide bonds. The van der Waals surface area contributed by atoms with Gasteiger partial charge in [0.05, 0.1) is 6.10 Å². The topological polar surface area (TPSA) is 83.8 Å². The van der Waals surface area contributed by atoms with Crippen LogP contribution in [0.25, 0.3) is 11.6 Å². The predicted molar refractivity (Wildman–Crippen MR) is 152 cm³/mol. The number of halogens is 1. The molecule has 2 N–H and O–H groups in total. The van der Waals surface area contributed by atoms with Gasteiger partial charge in [0.1, 0.15) is 0 Å². The largest absolute Gasteiger partial charge is 0.505 e. The Morgan fingerprint density at radius 1 is 1.00 bits per heavy atom. The second-order valence-corrected chi connectivity index (χ2v) is 11.1. The maximum Gasteiger partial charge on any atom is 0.455 e. The molecule has 0 spiro atoms. The number of carbonyl (C=O) groups is 2. The van der Waals surface area contributed by atoms with Crippen LogP contribution < -0.4 is 0 Å². The third kappa shape index (κ3) is 4.74. The number of ketones is 2. The predicted octanol–water partition coefficient (Wildman–Crippen LogP) is 6.38. The summed E-state index contributed by atoms with van der Waals surface area (Å²) in [7, 11) is -1.04. The van der Waals surface area contributed by atoms with Crippen molar-refractivity contribution in [3.8, 4) is 5.75 Å². The van der Waals surface area contributed by atoms with E-state index in [2.05, 4.69) is 0 Å². The van der Waals surface area contributed by atoms with Gasteiger partial charge in [0, 0.05) is 23.0 Å². The van der Waals surface area contributed by atoms with Gasteiger partial charge in [-0.2, -0.15) is 0 Å². The average Bonchev–Trinajstić information content (AvgIpc) is 2.95. The lowest BCUT2D eigenvalue weighted by Crippen LogP contribution is -2.50. The molecule has 0 bridgehead atoms. The summed E-state index contributed by atoms with van der Waals surface area (Å²) in [6.07, 6.45) is 3.36. The van der Waals surface area contributed by atoms with Crippen LogP contribution in [-0.4, -0.2) is 34.9 Å². The normalized spacial score (nSPS) is 24.5. The lowest BCUT2D eigenvalue weighted by atomic mass is 9.54. The van der Waals surface area contributed by atoms with Crippen LogP contribution in [-0.2, 0) is 4.65 Å². The lowest BCUT2D eigenvalue weighted by molar-refractivity contribution is 0.0602. The molecule has 0 saturated carbocycles. The molecular weight excluding hydrogens is 506 g/mol.